The fourth-order valence-electron chi connectivity index (χ4n) is 2.34. The van der Waals surface area contributed by atoms with Crippen LogP contribution in [0.4, 0.5) is 0 Å². The molecule has 0 bridgehead atoms. The topological polar surface area (TPSA) is 27.7 Å². The average Bonchev–Trinajstić information content (AvgIpc) is 2.37. The monoisotopic (exact) mass is 278 g/mol. The SMILES string of the molecule is CCO[Si](C[N+](CC)(CC)CC)(OCC)OCC. The van der Waals surface area contributed by atoms with Gasteiger partial charge in [-0.15, -0.1) is 0 Å². The summed E-state index contributed by atoms with van der Waals surface area (Å²) in [6.45, 7) is 18.0. The third kappa shape index (κ3) is 4.97. The molecule has 0 aliphatic heterocycles. The van der Waals surface area contributed by atoms with Crippen molar-refractivity contribution < 1.29 is 17.8 Å². The maximum atomic E-state index is 5.95. The van der Waals surface area contributed by atoms with Gasteiger partial charge in [0, 0.05) is 19.8 Å². The molecular formula is C13H32NO3Si+. The van der Waals surface area contributed by atoms with E-state index in [9.17, 15) is 0 Å². The molecule has 0 aromatic rings. The van der Waals surface area contributed by atoms with Crippen molar-refractivity contribution in [3.63, 3.8) is 0 Å². The van der Waals surface area contributed by atoms with Gasteiger partial charge < -0.3 is 17.8 Å². The lowest BCUT2D eigenvalue weighted by atomic mass is 10.4. The van der Waals surface area contributed by atoms with Crippen molar-refractivity contribution in [2.75, 3.05) is 45.6 Å². The first kappa shape index (κ1) is 18.1. The van der Waals surface area contributed by atoms with Crippen LogP contribution in [0.15, 0.2) is 0 Å². The van der Waals surface area contributed by atoms with Gasteiger partial charge in [-0.25, -0.2) is 0 Å². The molecule has 0 aliphatic carbocycles. The Kier molecular flexibility index (Phi) is 9.07. The number of hydrogen-bond acceptors (Lipinski definition) is 3. The van der Waals surface area contributed by atoms with E-state index in [0.29, 0.717) is 19.8 Å². The third-order valence-electron chi connectivity index (χ3n) is 3.63. The molecule has 0 heterocycles. The molecule has 0 fully saturated rings. The second-order valence-electron chi connectivity index (χ2n) is 4.43. The predicted octanol–water partition coefficient (Wildman–Crippen LogP) is 2.45. The molecule has 0 saturated carbocycles. The second kappa shape index (κ2) is 9.04. The van der Waals surface area contributed by atoms with Crippen LogP contribution in [-0.2, 0) is 13.3 Å². The molecule has 0 amide bonds. The number of nitrogens with zero attached hydrogens (tertiary/aromatic N) is 1. The molecule has 0 aromatic carbocycles. The first-order valence-corrected chi connectivity index (χ1v) is 9.27. The van der Waals surface area contributed by atoms with E-state index in [1.165, 1.54) is 0 Å². The van der Waals surface area contributed by atoms with E-state index >= 15 is 0 Å². The first-order chi connectivity index (χ1) is 8.57. The quantitative estimate of drug-likeness (QED) is 0.429. The molecular weight excluding hydrogens is 246 g/mol. The van der Waals surface area contributed by atoms with Crippen LogP contribution in [0.3, 0.4) is 0 Å². The zero-order valence-electron chi connectivity index (χ0n) is 13.1. The standard InChI is InChI=1S/C13H32NO3Si/c1-7-14(8-2,9-3)13-18(15-10-4,16-11-5)17-12-6/h7-13H2,1-6H3/q+1. The number of quaternary nitrogens is 1. The summed E-state index contributed by atoms with van der Waals surface area (Å²) in [5.41, 5.74) is 0. The van der Waals surface area contributed by atoms with E-state index in [-0.39, 0.29) is 0 Å². The fourth-order valence-corrected chi connectivity index (χ4v) is 5.67. The van der Waals surface area contributed by atoms with Gasteiger partial charge in [0.15, 0.2) is 0 Å². The Labute approximate surface area is 114 Å². The average molecular weight is 278 g/mol. The van der Waals surface area contributed by atoms with Crippen LogP contribution in [-0.4, -0.2) is 58.9 Å². The molecule has 4 nitrogen and oxygen atoms in total. The predicted molar refractivity (Wildman–Crippen MR) is 77.4 cm³/mol. The lowest BCUT2D eigenvalue weighted by Gasteiger charge is -2.41. The van der Waals surface area contributed by atoms with Crippen molar-refractivity contribution in [2.45, 2.75) is 41.5 Å². The van der Waals surface area contributed by atoms with Gasteiger partial charge in [-0.3, -0.25) is 0 Å². The molecule has 0 aromatic heterocycles. The van der Waals surface area contributed by atoms with Crippen molar-refractivity contribution >= 4 is 8.80 Å². The minimum Gasteiger partial charge on any atom is -0.370 e. The highest BCUT2D eigenvalue weighted by molar-refractivity contribution is 6.60. The molecule has 0 aliphatic rings. The van der Waals surface area contributed by atoms with Gasteiger partial charge in [-0.2, -0.15) is 0 Å². The van der Waals surface area contributed by atoms with Crippen LogP contribution in [0.1, 0.15) is 41.5 Å². The highest BCUT2D eigenvalue weighted by atomic mass is 28.4. The van der Waals surface area contributed by atoms with Crippen LogP contribution < -0.4 is 0 Å². The number of rotatable bonds is 11. The van der Waals surface area contributed by atoms with Gasteiger partial charge in [-0.05, 0) is 41.5 Å². The largest absolute Gasteiger partial charge is 0.559 e. The van der Waals surface area contributed by atoms with Crippen LogP contribution >= 0.6 is 0 Å². The maximum Gasteiger partial charge on any atom is 0.559 e. The van der Waals surface area contributed by atoms with E-state index in [0.717, 1.165) is 30.3 Å². The van der Waals surface area contributed by atoms with Crippen molar-refractivity contribution in [1.29, 1.82) is 0 Å². The molecule has 110 valence electrons. The molecule has 0 atom stereocenters. The zero-order valence-corrected chi connectivity index (χ0v) is 14.1. The minimum absolute atomic E-state index is 0.656. The second-order valence-corrected chi connectivity index (χ2v) is 6.98. The Morgan fingerprint density at radius 2 is 1.00 bits per heavy atom. The van der Waals surface area contributed by atoms with E-state index in [2.05, 4.69) is 20.8 Å². The summed E-state index contributed by atoms with van der Waals surface area (Å²) in [7, 11) is -2.52. The van der Waals surface area contributed by atoms with Crippen molar-refractivity contribution in [3.05, 3.63) is 0 Å². The van der Waals surface area contributed by atoms with E-state index < -0.39 is 8.80 Å². The molecule has 0 spiro atoms. The highest BCUT2D eigenvalue weighted by Gasteiger charge is 2.48. The molecule has 0 saturated heterocycles. The van der Waals surface area contributed by atoms with Crippen LogP contribution in [0, 0.1) is 0 Å². The van der Waals surface area contributed by atoms with Gasteiger partial charge in [0.2, 0.25) is 0 Å². The van der Waals surface area contributed by atoms with E-state index in [1.807, 2.05) is 20.8 Å². The van der Waals surface area contributed by atoms with Crippen LogP contribution in [0.2, 0.25) is 0 Å². The Balaban J connectivity index is 5.02. The van der Waals surface area contributed by atoms with E-state index in [1.54, 1.807) is 0 Å². The fraction of sp³-hybridized carbons (Fsp3) is 1.00. The van der Waals surface area contributed by atoms with E-state index in [4.69, 9.17) is 13.3 Å². The maximum absolute atomic E-state index is 5.95. The summed E-state index contributed by atoms with van der Waals surface area (Å²) in [5.74, 6) is 0. The minimum atomic E-state index is -2.52. The molecule has 0 rings (SSSR count). The van der Waals surface area contributed by atoms with Gasteiger partial charge in [0.05, 0.1) is 19.6 Å². The van der Waals surface area contributed by atoms with Crippen LogP contribution in [0.25, 0.3) is 0 Å². The Bertz CT molecular complexity index is 185. The molecule has 0 N–H and O–H groups in total. The van der Waals surface area contributed by atoms with Gasteiger partial charge in [0.1, 0.15) is 6.17 Å². The third-order valence-corrected chi connectivity index (χ3v) is 6.88. The Hall–Kier alpha value is 0.0569. The summed E-state index contributed by atoms with van der Waals surface area (Å²) >= 11 is 0. The lowest BCUT2D eigenvalue weighted by Crippen LogP contribution is -2.63. The molecule has 0 unspecified atom stereocenters. The van der Waals surface area contributed by atoms with Crippen molar-refractivity contribution in [2.24, 2.45) is 0 Å². The molecule has 0 radical (unpaired) electrons. The molecule has 18 heavy (non-hydrogen) atoms. The first-order valence-electron chi connectivity index (χ1n) is 7.34. The summed E-state index contributed by atoms with van der Waals surface area (Å²) in [5, 5.41) is 0. The number of hydrogen-bond donors (Lipinski definition) is 0. The van der Waals surface area contributed by atoms with Gasteiger partial charge >= 0.3 is 8.80 Å². The zero-order chi connectivity index (χ0) is 14.1. The van der Waals surface area contributed by atoms with Gasteiger partial charge in [-0.1, -0.05) is 0 Å². The summed E-state index contributed by atoms with van der Waals surface area (Å²) < 4.78 is 18.9. The van der Waals surface area contributed by atoms with Crippen LogP contribution in [0.5, 0.6) is 0 Å². The Morgan fingerprint density at radius 3 is 1.22 bits per heavy atom. The summed E-state index contributed by atoms with van der Waals surface area (Å²) in [6, 6.07) is 0. The lowest BCUT2D eigenvalue weighted by molar-refractivity contribution is -0.916. The smallest absolute Gasteiger partial charge is 0.370 e. The summed E-state index contributed by atoms with van der Waals surface area (Å²) in [6.07, 6.45) is 0.881. The summed E-state index contributed by atoms with van der Waals surface area (Å²) in [4.78, 5) is 0. The normalized spacial score (nSPS) is 13.0. The van der Waals surface area contributed by atoms with Crippen molar-refractivity contribution in [1.82, 2.24) is 0 Å². The highest BCUT2D eigenvalue weighted by Crippen LogP contribution is 2.18. The van der Waals surface area contributed by atoms with Crippen molar-refractivity contribution in [3.8, 4) is 0 Å². The van der Waals surface area contributed by atoms with Gasteiger partial charge in [0.25, 0.3) is 0 Å². The Morgan fingerprint density at radius 1 is 0.667 bits per heavy atom. The molecule has 5 heteroatoms.